The van der Waals surface area contributed by atoms with Crippen molar-refractivity contribution in [3.63, 3.8) is 0 Å². The summed E-state index contributed by atoms with van der Waals surface area (Å²) in [5.74, 6) is 0.0265. The second-order valence-corrected chi connectivity index (χ2v) is 4.52. The number of aryl methyl sites for hydroxylation is 1. The van der Waals surface area contributed by atoms with E-state index in [0.29, 0.717) is 11.4 Å². The smallest absolute Gasteiger partial charge is 0.237 e. The first-order valence-electron chi connectivity index (χ1n) is 6.44. The van der Waals surface area contributed by atoms with Crippen molar-refractivity contribution in [1.29, 1.82) is 5.26 Å². The molecular weight excluding hydrogens is 266 g/mol. The number of benzene rings is 1. The maximum Gasteiger partial charge on any atom is 0.237 e. The summed E-state index contributed by atoms with van der Waals surface area (Å²) in [5, 5.41) is 22.8. The van der Waals surface area contributed by atoms with E-state index in [1.807, 2.05) is 31.2 Å². The predicted molar refractivity (Wildman–Crippen MR) is 78.7 cm³/mol. The largest absolute Gasteiger partial charge is 0.506 e. The van der Waals surface area contributed by atoms with E-state index in [1.54, 1.807) is 31.2 Å². The molecule has 1 aromatic heterocycles. The topological polar surface area (TPSA) is 78.5 Å². The van der Waals surface area contributed by atoms with Gasteiger partial charge in [0.2, 0.25) is 6.10 Å². The zero-order valence-corrected chi connectivity index (χ0v) is 11.8. The number of aromatic nitrogens is 1. The van der Waals surface area contributed by atoms with Crippen molar-refractivity contribution in [1.82, 2.24) is 4.98 Å². The molecule has 1 N–H and O–H groups in total. The van der Waals surface area contributed by atoms with E-state index in [9.17, 15) is 5.11 Å². The fraction of sp³-hybridized carbons (Fsp3) is 0.188. The Labute approximate surface area is 123 Å². The molecule has 1 heterocycles. The molecule has 1 atom stereocenters. The zero-order valence-electron chi connectivity index (χ0n) is 11.8. The summed E-state index contributed by atoms with van der Waals surface area (Å²) in [6, 6.07) is 14.4. The Bertz CT molecular complexity index is 690. The maximum absolute atomic E-state index is 9.78. The molecule has 5 nitrogen and oxygen atoms in total. The Morgan fingerprint density at radius 3 is 2.67 bits per heavy atom. The van der Waals surface area contributed by atoms with Gasteiger partial charge in [-0.1, -0.05) is 35.5 Å². The van der Waals surface area contributed by atoms with Crippen LogP contribution in [0.3, 0.4) is 0 Å². The van der Waals surface area contributed by atoms with Crippen molar-refractivity contribution in [2.24, 2.45) is 5.16 Å². The lowest BCUT2D eigenvalue weighted by Gasteiger charge is -2.09. The van der Waals surface area contributed by atoms with Crippen molar-refractivity contribution in [3.05, 3.63) is 59.4 Å². The number of nitriles is 1. The highest BCUT2D eigenvalue weighted by Gasteiger charge is 2.12. The van der Waals surface area contributed by atoms with Gasteiger partial charge in [-0.05, 0) is 26.0 Å². The van der Waals surface area contributed by atoms with Crippen LogP contribution >= 0.6 is 0 Å². The van der Waals surface area contributed by atoms with Crippen LogP contribution in [-0.4, -0.2) is 15.8 Å². The Hall–Kier alpha value is -2.87. The van der Waals surface area contributed by atoms with E-state index in [4.69, 9.17) is 10.1 Å². The minimum atomic E-state index is -0.798. The molecule has 0 radical (unpaired) electrons. The molecule has 0 bridgehead atoms. The lowest BCUT2D eigenvalue weighted by molar-refractivity contribution is 0.0980. The third-order valence-electron chi connectivity index (χ3n) is 2.87. The van der Waals surface area contributed by atoms with Crippen molar-refractivity contribution in [3.8, 4) is 11.8 Å². The first-order chi connectivity index (χ1) is 10.1. The maximum atomic E-state index is 9.78. The molecule has 1 aromatic carbocycles. The standard InChI is InChI=1S/C16H15N3O2/c1-11-8-9-14(20)16(18-11)12(2)19-21-15(10-17)13-6-4-3-5-7-13/h3-9,15,20H,1-2H3. The second-order valence-electron chi connectivity index (χ2n) is 4.52. The second kappa shape index (κ2) is 6.53. The minimum Gasteiger partial charge on any atom is -0.506 e. The molecule has 106 valence electrons. The highest BCUT2D eigenvalue weighted by atomic mass is 16.6. The first-order valence-corrected chi connectivity index (χ1v) is 6.44. The number of hydrogen-bond donors (Lipinski definition) is 1. The van der Waals surface area contributed by atoms with Crippen LogP contribution in [0.4, 0.5) is 0 Å². The van der Waals surface area contributed by atoms with Crippen LogP contribution in [0.1, 0.15) is 30.0 Å². The third-order valence-corrected chi connectivity index (χ3v) is 2.87. The molecule has 5 heteroatoms. The van der Waals surface area contributed by atoms with Crippen LogP contribution in [0.5, 0.6) is 5.75 Å². The number of oxime groups is 1. The van der Waals surface area contributed by atoms with Crippen LogP contribution in [0.25, 0.3) is 0 Å². The predicted octanol–water partition coefficient (Wildman–Crippen LogP) is 3.10. The fourth-order valence-electron chi connectivity index (χ4n) is 1.78. The molecule has 0 aliphatic rings. The van der Waals surface area contributed by atoms with Gasteiger partial charge in [0.25, 0.3) is 0 Å². The summed E-state index contributed by atoms with van der Waals surface area (Å²) in [7, 11) is 0. The first kappa shape index (κ1) is 14.5. The van der Waals surface area contributed by atoms with Crippen LogP contribution in [0.15, 0.2) is 47.6 Å². The molecule has 0 amide bonds. The van der Waals surface area contributed by atoms with Crippen molar-refractivity contribution in [2.75, 3.05) is 0 Å². The highest BCUT2D eigenvalue weighted by molar-refractivity contribution is 5.98. The molecule has 0 aliphatic heterocycles. The van der Waals surface area contributed by atoms with Crippen molar-refractivity contribution < 1.29 is 9.94 Å². The molecule has 0 saturated heterocycles. The van der Waals surface area contributed by atoms with Crippen LogP contribution in [-0.2, 0) is 4.84 Å². The number of rotatable bonds is 4. The number of nitrogens with zero attached hydrogens (tertiary/aromatic N) is 3. The van der Waals surface area contributed by atoms with E-state index in [2.05, 4.69) is 10.1 Å². The summed E-state index contributed by atoms with van der Waals surface area (Å²) in [4.78, 5) is 9.47. The van der Waals surface area contributed by atoms with Gasteiger partial charge in [-0.3, -0.25) is 0 Å². The summed E-state index contributed by atoms with van der Waals surface area (Å²) in [6.07, 6.45) is -0.798. The van der Waals surface area contributed by atoms with E-state index >= 15 is 0 Å². The highest BCUT2D eigenvalue weighted by Crippen LogP contribution is 2.19. The van der Waals surface area contributed by atoms with Gasteiger partial charge in [-0.25, -0.2) is 4.98 Å². The number of hydrogen-bond acceptors (Lipinski definition) is 5. The molecular formula is C16H15N3O2. The van der Waals surface area contributed by atoms with Crippen molar-refractivity contribution in [2.45, 2.75) is 20.0 Å². The Morgan fingerprint density at radius 2 is 2.00 bits per heavy atom. The van der Waals surface area contributed by atoms with Gasteiger partial charge in [0.05, 0.1) is 0 Å². The van der Waals surface area contributed by atoms with Gasteiger partial charge >= 0.3 is 0 Å². The van der Waals surface area contributed by atoms with Crippen molar-refractivity contribution >= 4 is 5.71 Å². The fourth-order valence-corrected chi connectivity index (χ4v) is 1.78. The van der Waals surface area contributed by atoms with E-state index in [-0.39, 0.29) is 5.75 Å². The molecule has 0 spiro atoms. The number of pyridine rings is 1. The number of aromatic hydroxyl groups is 1. The van der Waals surface area contributed by atoms with E-state index in [0.717, 1.165) is 11.3 Å². The Balaban J connectivity index is 2.20. The van der Waals surface area contributed by atoms with Gasteiger partial charge in [-0.15, -0.1) is 0 Å². The molecule has 0 saturated carbocycles. The van der Waals surface area contributed by atoms with Gasteiger partial charge in [0.15, 0.2) is 0 Å². The normalized spacial score (nSPS) is 12.5. The summed E-state index contributed by atoms with van der Waals surface area (Å²) < 4.78 is 0. The van der Waals surface area contributed by atoms with E-state index in [1.165, 1.54) is 0 Å². The lowest BCUT2D eigenvalue weighted by atomic mass is 10.1. The lowest BCUT2D eigenvalue weighted by Crippen LogP contribution is -2.04. The molecule has 2 aromatic rings. The average Bonchev–Trinajstić information content (AvgIpc) is 2.51. The zero-order chi connectivity index (χ0) is 15.2. The van der Waals surface area contributed by atoms with Gasteiger partial charge in [0.1, 0.15) is 23.2 Å². The van der Waals surface area contributed by atoms with Crippen LogP contribution in [0.2, 0.25) is 0 Å². The summed E-state index contributed by atoms with van der Waals surface area (Å²) in [5.41, 5.74) is 2.24. The molecule has 0 fully saturated rings. The quantitative estimate of drug-likeness (QED) is 0.690. The van der Waals surface area contributed by atoms with Gasteiger partial charge in [0, 0.05) is 11.3 Å². The van der Waals surface area contributed by atoms with Crippen LogP contribution < -0.4 is 0 Å². The summed E-state index contributed by atoms with van der Waals surface area (Å²) >= 11 is 0. The third kappa shape index (κ3) is 3.57. The summed E-state index contributed by atoms with van der Waals surface area (Å²) in [6.45, 7) is 3.49. The molecule has 1 unspecified atom stereocenters. The molecule has 0 aliphatic carbocycles. The molecule has 21 heavy (non-hydrogen) atoms. The Morgan fingerprint density at radius 1 is 1.29 bits per heavy atom. The monoisotopic (exact) mass is 281 g/mol. The minimum absolute atomic E-state index is 0.0265. The van der Waals surface area contributed by atoms with Gasteiger partial charge in [-0.2, -0.15) is 5.26 Å². The average molecular weight is 281 g/mol. The van der Waals surface area contributed by atoms with Crippen LogP contribution in [0, 0.1) is 18.3 Å². The molecule has 2 rings (SSSR count). The SMILES string of the molecule is CC(=NOC(C#N)c1ccccc1)c1nc(C)ccc1O. The van der Waals surface area contributed by atoms with E-state index < -0.39 is 6.10 Å². The Kier molecular flexibility index (Phi) is 4.52. The van der Waals surface area contributed by atoms with Gasteiger partial charge < -0.3 is 9.94 Å².